The number of sulfonamides is 1. The fraction of sp³-hybridized carbons (Fsp3) is 0.263. The molecule has 0 bridgehead atoms. The van der Waals surface area contributed by atoms with Crippen LogP contribution in [0.2, 0.25) is 0 Å². The SMILES string of the molecule is NC(N)=NOCCCOc1ccc(C[C@H](NS(=O)(=O)c2cccc([N+](=O)[O-])c2)C(=O)O)cc1. The Kier molecular flexibility index (Phi) is 8.94. The molecule has 33 heavy (non-hydrogen) atoms. The van der Waals surface area contributed by atoms with Crippen molar-refractivity contribution in [1.29, 1.82) is 0 Å². The van der Waals surface area contributed by atoms with Crippen molar-refractivity contribution < 1.29 is 32.8 Å². The molecule has 0 amide bonds. The summed E-state index contributed by atoms with van der Waals surface area (Å²) >= 11 is 0. The molecular formula is C19H23N5O8S. The van der Waals surface area contributed by atoms with Crippen molar-refractivity contribution in [1.82, 2.24) is 4.72 Å². The number of hydrogen-bond acceptors (Lipinski definition) is 8. The summed E-state index contributed by atoms with van der Waals surface area (Å²) in [5, 5.41) is 23.7. The number of benzene rings is 2. The summed E-state index contributed by atoms with van der Waals surface area (Å²) in [6.07, 6.45) is 0.356. The maximum atomic E-state index is 12.5. The van der Waals surface area contributed by atoms with E-state index in [2.05, 4.69) is 9.88 Å². The fourth-order valence-electron chi connectivity index (χ4n) is 2.59. The van der Waals surface area contributed by atoms with Gasteiger partial charge in [-0.25, -0.2) is 8.42 Å². The first-order chi connectivity index (χ1) is 15.6. The second kappa shape index (κ2) is 11.6. The van der Waals surface area contributed by atoms with Gasteiger partial charge in [0.2, 0.25) is 16.0 Å². The van der Waals surface area contributed by atoms with Gasteiger partial charge in [0.1, 0.15) is 18.4 Å². The maximum absolute atomic E-state index is 12.5. The van der Waals surface area contributed by atoms with Gasteiger partial charge in [0.15, 0.2) is 0 Å². The number of nitrogens with two attached hydrogens (primary N) is 2. The lowest BCUT2D eigenvalue weighted by Gasteiger charge is -2.15. The van der Waals surface area contributed by atoms with Crippen LogP contribution in [0.1, 0.15) is 12.0 Å². The number of aliphatic carboxylic acids is 1. The van der Waals surface area contributed by atoms with Gasteiger partial charge < -0.3 is 26.1 Å². The summed E-state index contributed by atoms with van der Waals surface area (Å²) in [4.78, 5) is 26.2. The van der Waals surface area contributed by atoms with E-state index in [9.17, 15) is 28.4 Å². The fourth-order valence-corrected chi connectivity index (χ4v) is 3.82. The third-order valence-corrected chi connectivity index (χ3v) is 5.59. The molecule has 0 aliphatic heterocycles. The molecule has 0 aromatic heterocycles. The normalized spacial score (nSPS) is 11.9. The Labute approximate surface area is 189 Å². The molecule has 0 fully saturated rings. The first-order valence-electron chi connectivity index (χ1n) is 9.50. The number of carboxylic acid groups (broad SMARTS) is 1. The van der Waals surface area contributed by atoms with E-state index in [-0.39, 0.29) is 19.0 Å². The van der Waals surface area contributed by atoms with Crippen LogP contribution in [0, 0.1) is 10.1 Å². The maximum Gasteiger partial charge on any atom is 0.322 e. The summed E-state index contributed by atoms with van der Waals surface area (Å²) in [6, 6.07) is 9.27. The number of hydrogen-bond donors (Lipinski definition) is 4. The molecule has 0 heterocycles. The quantitative estimate of drug-likeness (QED) is 0.102. The molecule has 13 nitrogen and oxygen atoms in total. The molecular weight excluding hydrogens is 458 g/mol. The zero-order chi connectivity index (χ0) is 24.4. The molecule has 0 spiro atoms. The van der Waals surface area contributed by atoms with Gasteiger partial charge >= 0.3 is 5.97 Å². The molecule has 6 N–H and O–H groups in total. The third kappa shape index (κ3) is 8.27. The van der Waals surface area contributed by atoms with Crippen LogP contribution in [-0.4, -0.2) is 49.6 Å². The van der Waals surface area contributed by atoms with Crippen molar-refractivity contribution in [3.05, 3.63) is 64.2 Å². The van der Waals surface area contributed by atoms with E-state index < -0.39 is 37.5 Å². The van der Waals surface area contributed by atoms with E-state index in [0.717, 1.165) is 18.2 Å². The summed E-state index contributed by atoms with van der Waals surface area (Å²) < 4.78 is 32.7. The van der Waals surface area contributed by atoms with Gasteiger partial charge in [0.05, 0.1) is 16.4 Å². The number of guanidine groups is 1. The van der Waals surface area contributed by atoms with Crippen LogP contribution >= 0.6 is 0 Å². The third-order valence-electron chi connectivity index (χ3n) is 4.12. The van der Waals surface area contributed by atoms with Gasteiger partial charge in [-0.1, -0.05) is 18.2 Å². The summed E-state index contributed by atoms with van der Waals surface area (Å²) in [5.74, 6) is -1.06. The Morgan fingerprint density at radius 2 is 1.88 bits per heavy atom. The highest BCUT2D eigenvalue weighted by atomic mass is 32.2. The molecule has 1 atom stereocenters. The predicted octanol–water partition coefficient (Wildman–Crippen LogP) is 0.543. The van der Waals surface area contributed by atoms with Gasteiger partial charge in [0, 0.05) is 18.6 Å². The minimum atomic E-state index is -4.31. The van der Waals surface area contributed by atoms with Crippen molar-refractivity contribution in [3.8, 4) is 5.75 Å². The van der Waals surface area contributed by atoms with Crippen molar-refractivity contribution in [2.45, 2.75) is 23.8 Å². The van der Waals surface area contributed by atoms with Crippen molar-refractivity contribution in [2.75, 3.05) is 13.2 Å². The summed E-state index contributed by atoms with van der Waals surface area (Å²) in [5.41, 5.74) is 10.3. The number of ether oxygens (including phenoxy) is 1. The monoisotopic (exact) mass is 481 g/mol. The average Bonchev–Trinajstić information content (AvgIpc) is 2.76. The number of oxime groups is 1. The molecule has 0 saturated carbocycles. The Hall–Kier alpha value is -3.91. The second-order valence-corrected chi connectivity index (χ2v) is 8.38. The standard InChI is InChI=1S/C19H23N5O8S/c20-19(21)22-32-10-2-9-31-15-7-5-13(6-8-15)11-17(18(25)26)23-33(29,30)16-4-1-3-14(12-16)24(27)28/h1,3-8,12,17,23H,2,9-11H2,(H,25,26)(H4,20,21,22)/t17-/m0/s1. The van der Waals surface area contributed by atoms with Crippen LogP contribution in [0.3, 0.4) is 0 Å². The average molecular weight is 481 g/mol. The molecule has 0 aliphatic rings. The first-order valence-corrected chi connectivity index (χ1v) is 11.0. The lowest BCUT2D eigenvalue weighted by molar-refractivity contribution is -0.385. The number of carbonyl (C=O) groups is 1. The smallest absolute Gasteiger partial charge is 0.322 e. The van der Waals surface area contributed by atoms with Crippen LogP contribution in [0.5, 0.6) is 5.75 Å². The number of rotatable bonds is 13. The molecule has 0 aliphatic carbocycles. The lowest BCUT2D eigenvalue weighted by Crippen LogP contribution is -2.42. The van der Waals surface area contributed by atoms with E-state index in [0.29, 0.717) is 24.3 Å². The van der Waals surface area contributed by atoms with Crippen molar-refractivity contribution in [2.24, 2.45) is 16.6 Å². The van der Waals surface area contributed by atoms with Crippen LogP contribution in [0.25, 0.3) is 0 Å². The predicted molar refractivity (Wildman–Crippen MR) is 117 cm³/mol. The zero-order valence-corrected chi connectivity index (χ0v) is 18.1. The molecule has 178 valence electrons. The van der Waals surface area contributed by atoms with Gasteiger partial charge in [-0.3, -0.25) is 14.9 Å². The molecule has 0 radical (unpaired) electrons. The molecule has 0 saturated heterocycles. The molecule has 0 unspecified atom stereocenters. The number of nitro benzene ring substituents is 1. The number of carboxylic acids is 1. The zero-order valence-electron chi connectivity index (χ0n) is 17.3. The number of nitrogens with zero attached hydrogens (tertiary/aromatic N) is 2. The van der Waals surface area contributed by atoms with E-state index >= 15 is 0 Å². The summed E-state index contributed by atoms with van der Waals surface area (Å²) in [6.45, 7) is 0.571. The molecule has 2 aromatic carbocycles. The molecule has 2 aromatic rings. The van der Waals surface area contributed by atoms with Gasteiger partial charge in [-0.2, -0.15) is 4.72 Å². The largest absolute Gasteiger partial charge is 0.493 e. The highest BCUT2D eigenvalue weighted by Crippen LogP contribution is 2.19. The lowest BCUT2D eigenvalue weighted by atomic mass is 10.1. The van der Waals surface area contributed by atoms with Gasteiger partial charge in [0.25, 0.3) is 5.69 Å². The van der Waals surface area contributed by atoms with E-state index in [1.807, 2.05) is 0 Å². The van der Waals surface area contributed by atoms with E-state index in [4.69, 9.17) is 21.0 Å². The number of nitrogens with one attached hydrogen (secondary N) is 1. The Balaban J connectivity index is 1.98. The van der Waals surface area contributed by atoms with Crippen LogP contribution in [-0.2, 0) is 26.1 Å². The van der Waals surface area contributed by atoms with E-state index in [1.165, 1.54) is 6.07 Å². The first kappa shape index (κ1) is 25.4. The highest BCUT2D eigenvalue weighted by molar-refractivity contribution is 7.89. The van der Waals surface area contributed by atoms with Gasteiger partial charge in [-0.05, 0) is 35.3 Å². The Bertz CT molecular complexity index is 1100. The topological polar surface area (TPSA) is 209 Å². The Morgan fingerprint density at radius 1 is 1.18 bits per heavy atom. The number of non-ortho nitro benzene ring substituents is 1. The van der Waals surface area contributed by atoms with Gasteiger partial charge in [-0.15, -0.1) is 0 Å². The van der Waals surface area contributed by atoms with Crippen LogP contribution in [0.15, 0.2) is 58.6 Å². The highest BCUT2D eigenvalue weighted by Gasteiger charge is 2.26. The minimum Gasteiger partial charge on any atom is -0.493 e. The second-order valence-electron chi connectivity index (χ2n) is 6.67. The minimum absolute atomic E-state index is 0.157. The van der Waals surface area contributed by atoms with Crippen LogP contribution in [0.4, 0.5) is 5.69 Å². The Morgan fingerprint density at radius 3 is 2.48 bits per heavy atom. The van der Waals surface area contributed by atoms with Crippen LogP contribution < -0.4 is 20.9 Å². The van der Waals surface area contributed by atoms with Crippen molar-refractivity contribution in [3.63, 3.8) is 0 Å². The molecule has 2 rings (SSSR count). The van der Waals surface area contributed by atoms with Crippen molar-refractivity contribution >= 4 is 27.6 Å². The molecule has 14 heteroatoms. The summed E-state index contributed by atoms with van der Waals surface area (Å²) in [7, 11) is -4.31. The van der Waals surface area contributed by atoms with E-state index in [1.54, 1.807) is 24.3 Å². The number of nitro groups is 1.